The van der Waals surface area contributed by atoms with Gasteiger partial charge in [0, 0.05) is 5.56 Å². The smallest absolute Gasteiger partial charge is 0.232 e. The minimum absolute atomic E-state index is 0.0124. The molecule has 0 saturated heterocycles. The van der Waals surface area contributed by atoms with Gasteiger partial charge in [0.15, 0.2) is 5.78 Å². The van der Waals surface area contributed by atoms with E-state index in [1.165, 1.54) is 12.5 Å². The highest BCUT2D eigenvalue weighted by molar-refractivity contribution is 7.92. The zero-order chi connectivity index (χ0) is 15.7. The minimum Gasteiger partial charge on any atom is -0.364 e. The van der Waals surface area contributed by atoms with E-state index in [4.69, 9.17) is 0 Å². The summed E-state index contributed by atoms with van der Waals surface area (Å²) in [5, 5.41) is 3.53. The molecule has 0 spiro atoms. The standard InChI is InChI=1S/C15H16N2O4S/c1-2-22(19,20)17-14-6-5-11(7-13(14)10-3-4-10)15(18)12-8-16-21-9-12/h5-10,17H,2-4H2,1H3. The summed E-state index contributed by atoms with van der Waals surface area (Å²) >= 11 is 0. The van der Waals surface area contributed by atoms with Crippen molar-refractivity contribution in [3.8, 4) is 0 Å². The lowest BCUT2D eigenvalue weighted by atomic mass is 10.0. The van der Waals surface area contributed by atoms with Crippen molar-refractivity contribution in [2.75, 3.05) is 10.5 Å². The van der Waals surface area contributed by atoms with Crippen LogP contribution in [0.1, 0.15) is 47.2 Å². The third-order valence-corrected chi connectivity index (χ3v) is 4.96. The zero-order valence-corrected chi connectivity index (χ0v) is 12.9. The van der Waals surface area contributed by atoms with E-state index in [1.807, 2.05) is 0 Å². The molecule has 116 valence electrons. The summed E-state index contributed by atoms with van der Waals surface area (Å²) in [6.07, 6.45) is 4.68. The summed E-state index contributed by atoms with van der Waals surface area (Å²) in [6.45, 7) is 1.59. The van der Waals surface area contributed by atoms with Gasteiger partial charge in [0.2, 0.25) is 10.0 Å². The molecule has 3 rings (SSSR count). The molecule has 0 aliphatic heterocycles. The Morgan fingerprint density at radius 2 is 2.14 bits per heavy atom. The quantitative estimate of drug-likeness (QED) is 0.826. The first kappa shape index (κ1) is 14.8. The minimum atomic E-state index is -3.34. The maximum Gasteiger partial charge on any atom is 0.232 e. The largest absolute Gasteiger partial charge is 0.364 e. The number of ketones is 1. The van der Waals surface area contributed by atoms with Crippen molar-refractivity contribution in [1.29, 1.82) is 0 Å². The molecule has 1 heterocycles. The van der Waals surface area contributed by atoms with Crippen LogP contribution in [0.4, 0.5) is 5.69 Å². The summed E-state index contributed by atoms with van der Waals surface area (Å²) in [4.78, 5) is 12.3. The van der Waals surface area contributed by atoms with Crippen LogP contribution in [-0.2, 0) is 10.0 Å². The van der Waals surface area contributed by atoms with Gasteiger partial charge in [-0.15, -0.1) is 0 Å². The van der Waals surface area contributed by atoms with Crippen molar-refractivity contribution in [3.05, 3.63) is 47.3 Å². The molecule has 0 atom stereocenters. The Morgan fingerprint density at radius 1 is 1.36 bits per heavy atom. The van der Waals surface area contributed by atoms with Gasteiger partial charge in [-0.3, -0.25) is 9.52 Å². The van der Waals surface area contributed by atoms with Crippen LogP contribution in [0, 0.1) is 0 Å². The summed E-state index contributed by atoms with van der Waals surface area (Å²) < 4.78 is 30.8. The van der Waals surface area contributed by atoms with E-state index in [1.54, 1.807) is 25.1 Å². The third-order valence-electron chi connectivity index (χ3n) is 3.67. The van der Waals surface area contributed by atoms with Crippen LogP contribution in [0.3, 0.4) is 0 Å². The van der Waals surface area contributed by atoms with E-state index >= 15 is 0 Å². The second-order valence-electron chi connectivity index (χ2n) is 5.32. The van der Waals surface area contributed by atoms with Crippen LogP contribution in [0.2, 0.25) is 0 Å². The molecule has 0 radical (unpaired) electrons. The Kier molecular flexibility index (Phi) is 3.74. The van der Waals surface area contributed by atoms with Crippen molar-refractivity contribution in [2.24, 2.45) is 0 Å². The fourth-order valence-corrected chi connectivity index (χ4v) is 2.92. The van der Waals surface area contributed by atoms with E-state index in [-0.39, 0.29) is 11.5 Å². The van der Waals surface area contributed by atoms with E-state index in [2.05, 4.69) is 14.4 Å². The first-order chi connectivity index (χ1) is 10.5. The Balaban J connectivity index is 1.96. The summed E-state index contributed by atoms with van der Waals surface area (Å²) in [5.41, 5.74) is 2.32. The molecule has 1 aromatic heterocycles. The van der Waals surface area contributed by atoms with E-state index in [9.17, 15) is 13.2 Å². The first-order valence-electron chi connectivity index (χ1n) is 7.08. The van der Waals surface area contributed by atoms with Crippen LogP contribution in [0.25, 0.3) is 0 Å². The summed E-state index contributed by atoms with van der Waals surface area (Å²) in [6, 6.07) is 5.04. The van der Waals surface area contributed by atoms with Crippen molar-refractivity contribution >= 4 is 21.5 Å². The lowest BCUT2D eigenvalue weighted by molar-refractivity contribution is 0.103. The van der Waals surface area contributed by atoms with Crippen molar-refractivity contribution in [1.82, 2.24) is 5.16 Å². The van der Waals surface area contributed by atoms with Crippen LogP contribution < -0.4 is 4.72 Å². The molecule has 0 unspecified atom stereocenters. The maximum absolute atomic E-state index is 12.3. The Hall–Kier alpha value is -2.15. The monoisotopic (exact) mass is 320 g/mol. The highest BCUT2D eigenvalue weighted by Crippen LogP contribution is 2.44. The molecule has 1 saturated carbocycles. The van der Waals surface area contributed by atoms with Crippen molar-refractivity contribution < 1.29 is 17.7 Å². The molecule has 22 heavy (non-hydrogen) atoms. The Morgan fingerprint density at radius 3 is 2.73 bits per heavy atom. The van der Waals surface area contributed by atoms with Crippen LogP contribution >= 0.6 is 0 Å². The van der Waals surface area contributed by atoms with E-state index < -0.39 is 10.0 Å². The van der Waals surface area contributed by atoms with Gasteiger partial charge >= 0.3 is 0 Å². The molecule has 1 aliphatic carbocycles. The highest BCUT2D eigenvalue weighted by atomic mass is 32.2. The molecule has 1 N–H and O–H groups in total. The average Bonchev–Trinajstić information content (AvgIpc) is 3.20. The van der Waals surface area contributed by atoms with Crippen LogP contribution in [-0.4, -0.2) is 25.1 Å². The predicted octanol–water partition coefficient (Wildman–Crippen LogP) is 2.54. The van der Waals surface area contributed by atoms with Gasteiger partial charge in [-0.1, -0.05) is 5.16 Å². The van der Waals surface area contributed by atoms with Gasteiger partial charge in [0.1, 0.15) is 6.26 Å². The van der Waals surface area contributed by atoms with Gasteiger partial charge in [0.25, 0.3) is 0 Å². The number of aromatic nitrogens is 1. The van der Waals surface area contributed by atoms with Gasteiger partial charge in [-0.05, 0) is 49.4 Å². The molecule has 1 aromatic carbocycles. The molecule has 1 fully saturated rings. The lowest BCUT2D eigenvalue weighted by Gasteiger charge is -2.12. The molecule has 6 nitrogen and oxygen atoms in total. The number of carbonyl (C=O) groups is 1. The number of nitrogens with zero attached hydrogens (tertiary/aromatic N) is 1. The molecule has 1 aliphatic rings. The fourth-order valence-electron chi connectivity index (χ4n) is 2.25. The topological polar surface area (TPSA) is 89.3 Å². The molecule has 7 heteroatoms. The number of rotatable bonds is 6. The average molecular weight is 320 g/mol. The summed E-state index contributed by atoms with van der Waals surface area (Å²) in [5.74, 6) is 0.135. The van der Waals surface area contributed by atoms with Crippen LogP contribution in [0.15, 0.2) is 35.2 Å². The number of carbonyl (C=O) groups excluding carboxylic acids is 1. The van der Waals surface area contributed by atoms with Gasteiger partial charge in [-0.25, -0.2) is 8.42 Å². The first-order valence-corrected chi connectivity index (χ1v) is 8.74. The van der Waals surface area contributed by atoms with Crippen molar-refractivity contribution in [2.45, 2.75) is 25.7 Å². The lowest BCUT2D eigenvalue weighted by Crippen LogP contribution is -2.16. The zero-order valence-electron chi connectivity index (χ0n) is 12.1. The molecule has 2 aromatic rings. The van der Waals surface area contributed by atoms with Crippen LogP contribution in [0.5, 0.6) is 0 Å². The van der Waals surface area contributed by atoms with E-state index in [0.717, 1.165) is 18.4 Å². The number of nitrogens with one attached hydrogen (secondary N) is 1. The van der Waals surface area contributed by atoms with E-state index in [0.29, 0.717) is 22.7 Å². The van der Waals surface area contributed by atoms with Gasteiger partial charge in [-0.2, -0.15) is 0 Å². The summed E-state index contributed by atoms with van der Waals surface area (Å²) in [7, 11) is -3.34. The number of hydrogen-bond acceptors (Lipinski definition) is 5. The number of benzene rings is 1. The molecule has 0 bridgehead atoms. The Labute approximate surface area is 128 Å². The molecular weight excluding hydrogens is 304 g/mol. The fraction of sp³-hybridized carbons (Fsp3) is 0.333. The maximum atomic E-state index is 12.3. The Bertz CT molecular complexity index is 793. The number of anilines is 1. The second-order valence-corrected chi connectivity index (χ2v) is 7.33. The normalized spacial score (nSPS) is 14.8. The van der Waals surface area contributed by atoms with Gasteiger partial charge in [0.05, 0.1) is 23.2 Å². The number of sulfonamides is 1. The predicted molar refractivity (Wildman–Crippen MR) is 81.4 cm³/mol. The third kappa shape index (κ3) is 3.04. The second kappa shape index (κ2) is 5.57. The van der Waals surface area contributed by atoms with Crippen molar-refractivity contribution in [3.63, 3.8) is 0 Å². The molecular formula is C15H16N2O4S. The van der Waals surface area contributed by atoms with Gasteiger partial charge < -0.3 is 4.52 Å². The molecule has 0 amide bonds. The number of hydrogen-bond donors (Lipinski definition) is 1. The SMILES string of the molecule is CCS(=O)(=O)Nc1ccc(C(=O)c2cnoc2)cc1C1CC1. The highest BCUT2D eigenvalue weighted by Gasteiger charge is 2.28.